The van der Waals surface area contributed by atoms with Crippen LogP contribution in [0.2, 0.25) is 0 Å². The van der Waals surface area contributed by atoms with E-state index in [9.17, 15) is 0 Å². The molecule has 124 valence electrons. The van der Waals surface area contributed by atoms with Crippen LogP contribution in [0.5, 0.6) is 17.2 Å². The maximum absolute atomic E-state index is 6.06. The van der Waals surface area contributed by atoms with Crippen LogP contribution in [0.15, 0.2) is 6.07 Å². The smallest absolute Gasteiger partial charge is 0.203 e. The molecule has 1 heterocycles. The molecule has 0 fully saturated rings. The van der Waals surface area contributed by atoms with E-state index in [1.165, 1.54) is 24.8 Å². The fourth-order valence-corrected chi connectivity index (χ4v) is 3.30. The van der Waals surface area contributed by atoms with E-state index in [2.05, 4.69) is 17.9 Å². The molecule has 0 radical (unpaired) electrons. The molecule has 5 heteroatoms. The normalized spacial score (nSPS) is 17.4. The van der Waals surface area contributed by atoms with Crippen molar-refractivity contribution in [2.75, 3.05) is 34.4 Å². The van der Waals surface area contributed by atoms with Crippen LogP contribution in [0, 0.1) is 0 Å². The van der Waals surface area contributed by atoms with E-state index in [1.807, 2.05) is 0 Å². The monoisotopic (exact) mass is 308 g/mol. The van der Waals surface area contributed by atoms with E-state index in [1.54, 1.807) is 21.3 Å². The highest BCUT2D eigenvalue weighted by Crippen LogP contribution is 2.49. The Kier molecular flexibility index (Phi) is 5.91. The molecule has 0 saturated heterocycles. The summed E-state index contributed by atoms with van der Waals surface area (Å²) in [5.41, 5.74) is 8.44. The second kappa shape index (κ2) is 7.70. The largest absolute Gasteiger partial charge is 0.493 e. The third kappa shape index (κ3) is 3.01. The zero-order chi connectivity index (χ0) is 16.1. The zero-order valence-electron chi connectivity index (χ0n) is 14.1. The van der Waals surface area contributed by atoms with E-state index in [-0.39, 0.29) is 6.04 Å². The third-order valence-corrected chi connectivity index (χ3v) is 4.37. The highest BCUT2D eigenvalue weighted by atomic mass is 16.5. The van der Waals surface area contributed by atoms with Gasteiger partial charge in [-0.15, -0.1) is 0 Å². The summed E-state index contributed by atoms with van der Waals surface area (Å²) in [7, 11) is 4.96. The van der Waals surface area contributed by atoms with Crippen LogP contribution in [0.4, 0.5) is 0 Å². The first-order valence-electron chi connectivity index (χ1n) is 7.97. The lowest BCUT2D eigenvalue weighted by Crippen LogP contribution is -2.29. The van der Waals surface area contributed by atoms with E-state index >= 15 is 0 Å². The Morgan fingerprint density at radius 2 is 1.86 bits per heavy atom. The molecular formula is C17H28N2O3. The summed E-state index contributed by atoms with van der Waals surface area (Å²) in [6.07, 6.45) is 3.66. The Labute approximate surface area is 133 Å². The minimum atomic E-state index is 0.182. The van der Waals surface area contributed by atoms with Gasteiger partial charge in [-0.3, -0.25) is 4.90 Å². The standard InChI is InChI=1S/C17H28N2O3/c1-5-6-7-8-19-11-12-9-14(20-2)16(21-3)17(22-4)15(12)13(19)10-18/h9,13H,5-8,10-11,18H2,1-4H3. The molecule has 2 rings (SSSR count). The minimum absolute atomic E-state index is 0.182. The van der Waals surface area contributed by atoms with Crippen molar-refractivity contribution in [3.05, 3.63) is 17.2 Å². The molecule has 0 saturated carbocycles. The minimum Gasteiger partial charge on any atom is -0.493 e. The molecule has 22 heavy (non-hydrogen) atoms. The van der Waals surface area contributed by atoms with E-state index < -0.39 is 0 Å². The quantitative estimate of drug-likeness (QED) is 0.748. The molecule has 0 aromatic heterocycles. The molecule has 2 N–H and O–H groups in total. The van der Waals surface area contributed by atoms with Gasteiger partial charge in [0.15, 0.2) is 11.5 Å². The first-order chi connectivity index (χ1) is 10.7. The van der Waals surface area contributed by atoms with Crippen LogP contribution in [0.3, 0.4) is 0 Å². The summed E-state index contributed by atoms with van der Waals surface area (Å²) in [5, 5.41) is 0. The van der Waals surface area contributed by atoms with Crippen molar-refractivity contribution in [1.82, 2.24) is 4.90 Å². The fraction of sp³-hybridized carbons (Fsp3) is 0.647. The lowest BCUT2D eigenvalue weighted by molar-refractivity contribution is 0.212. The Morgan fingerprint density at radius 3 is 2.41 bits per heavy atom. The number of unbranched alkanes of at least 4 members (excludes halogenated alkanes) is 2. The number of fused-ring (bicyclic) bond motifs is 1. The average Bonchev–Trinajstić information content (AvgIpc) is 2.90. The van der Waals surface area contributed by atoms with E-state index in [4.69, 9.17) is 19.9 Å². The molecule has 1 unspecified atom stereocenters. The van der Waals surface area contributed by atoms with Crippen molar-refractivity contribution >= 4 is 0 Å². The molecule has 0 bridgehead atoms. The van der Waals surface area contributed by atoms with E-state index in [0.717, 1.165) is 24.4 Å². The van der Waals surface area contributed by atoms with Gasteiger partial charge in [-0.2, -0.15) is 0 Å². The predicted molar refractivity (Wildman–Crippen MR) is 87.8 cm³/mol. The summed E-state index contributed by atoms with van der Waals surface area (Å²) in [4.78, 5) is 2.43. The molecule has 0 spiro atoms. The second-order valence-electron chi connectivity index (χ2n) is 5.65. The first-order valence-corrected chi connectivity index (χ1v) is 7.97. The number of nitrogens with zero attached hydrogens (tertiary/aromatic N) is 1. The van der Waals surface area contributed by atoms with Crippen molar-refractivity contribution < 1.29 is 14.2 Å². The van der Waals surface area contributed by atoms with Gasteiger partial charge >= 0.3 is 0 Å². The molecule has 1 aliphatic heterocycles. The van der Waals surface area contributed by atoms with Gasteiger partial charge in [0.2, 0.25) is 5.75 Å². The van der Waals surface area contributed by atoms with E-state index in [0.29, 0.717) is 18.0 Å². The molecule has 1 atom stereocenters. The van der Waals surface area contributed by atoms with Gasteiger partial charge in [0.05, 0.1) is 27.4 Å². The Balaban J connectivity index is 2.38. The van der Waals surface area contributed by atoms with Gasteiger partial charge in [0.25, 0.3) is 0 Å². The number of ether oxygens (including phenoxy) is 3. The van der Waals surface area contributed by atoms with Crippen LogP contribution in [-0.2, 0) is 6.54 Å². The topological polar surface area (TPSA) is 57.0 Å². The van der Waals surface area contributed by atoms with Crippen LogP contribution in [-0.4, -0.2) is 39.3 Å². The number of nitrogens with two attached hydrogens (primary N) is 1. The molecule has 1 aliphatic rings. The second-order valence-corrected chi connectivity index (χ2v) is 5.65. The van der Waals surface area contributed by atoms with Gasteiger partial charge in [-0.1, -0.05) is 19.8 Å². The zero-order valence-corrected chi connectivity index (χ0v) is 14.1. The number of hydrogen-bond acceptors (Lipinski definition) is 5. The molecule has 0 aliphatic carbocycles. The number of benzene rings is 1. The third-order valence-electron chi connectivity index (χ3n) is 4.37. The van der Waals surface area contributed by atoms with Crippen LogP contribution >= 0.6 is 0 Å². The first kappa shape index (κ1) is 16.9. The van der Waals surface area contributed by atoms with Crippen LogP contribution in [0.1, 0.15) is 43.4 Å². The van der Waals surface area contributed by atoms with Gasteiger partial charge < -0.3 is 19.9 Å². The van der Waals surface area contributed by atoms with Crippen molar-refractivity contribution in [3.8, 4) is 17.2 Å². The maximum Gasteiger partial charge on any atom is 0.203 e. The lowest BCUT2D eigenvalue weighted by atomic mass is 10.0. The Morgan fingerprint density at radius 1 is 1.14 bits per heavy atom. The molecular weight excluding hydrogens is 280 g/mol. The maximum atomic E-state index is 6.06. The summed E-state index contributed by atoms with van der Waals surface area (Å²) in [5.74, 6) is 2.12. The molecule has 1 aromatic rings. The van der Waals surface area contributed by atoms with Gasteiger partial charge in [0, 0.05) is 18.7 Å². The number of rotatable bonds is 8. The van der Waals surface area contributed by atoms with Gasteiger partial charge in [-0.05, 0) is 24.6 Å². The molecule has 5 nitrogen and oxygen atoms in total. The van der Waals surface area contributed by atoms with Crippen molar-refractivity contribution in [2.45, 2.75) is 38.8 Å². The van der Waals surface area contributed by atoms with Gasteiger partial charge in [-0.25, -0.2) is 0 Å². The molecule has 0 amide bonds. The Bertz CT molecular complexity index is 505. The number of methoxy groups -OCH3 is 3. The fourth-order valence-electron chi connectivity index (χ4n) is 3.30. The SMILES string of the molecule is CCCCCN1Cc2cc(OC)c(OC)c(OC)c2C1CN. The summed E-state index contributed by atoms with van der Waals surface area (Å²) < 4.78 is 16.6. The summed E-state index contributed by atoms with van der Waals surface area (Å²) >= 11 is 0. The summed E-state index contributed by atoms with van der Waals surface area (Å²) in [6.45, 7) is 4.73. The summed E-state index contributed by atoms with van der Waals surface area (Å²) in [6, 6.07) is 2.24. The number of hydrogen-bond donors (Lipinski definition) is 1. The molecule has 1 aromatic carbocycles. The van der Waals surface area contributed by atoms with Crippen LogP contribution < -0.4 is 19.9 Å². The highest BCUT2D eigenvalue weighted by molar-refractivity contribution is 5.61. The van der Waals surface area contributed by atoms with Crippen LogP contribution in [0.25, 0.3) is 0 Å². The highest BCUT2D eigenvalue weighted by Gasteiger charge is 2.35. The average molecular weight is 308 g/mol. The van der Waals surface area contributed by atoms with Crippen molar-refractivity contribution in [2.24, 2.45) is 5.73 Å². The predicted octanol–water partition coefficient (Wildman–Crippen LogP) is 2.72. The van der Waals surface area contributed by atoms with Gasteiger partial charge in [0.1, 0.15) is 0 Å². The lowest BCUT2D eigenvalue weighted by Gasteiger charge is -2.24. The van der Waals surface area contributed by atoms with Crippen molar-refractivity contribution in [3.63, 3.8) is 0 Å². The Hall–Kier alpha value is -1.46. The van der Waals surface area contributed by atoms with Crippen molar-refractivity contribution in [1.29, 1.82) is 0 Å².